The molecular weight excluding hydrogens is 402 g/mol. The maximum Gasteiger partial charge on any atom is 0.261 e. The van der Waals surface area contributed by atoms with Gasteiger partial charge in [0.25, 0.3) is 5.91 Å². The molecule has 2 heterocycles. The molecule has 7 heteroatoms. The zero-order chi connectivity index (χ0) is 23.1. The van der Waals surface area contributed by atoms with Gasteiger partial charge in [-0.25, -0.2) is 4.68 Å². The number of hydrogen-bond donors (Lipinski definition) is 1. The second kappa shape index (κ2) is 10.6. The summed E-state index contributed by atoms with van der Waals surface area (Å²) in [7, 11) is 1.68. The maximum atomic E-state index is 12.6. The van der Waals surface area contributed by atoms with Gasteiger partial charge in [0.15, 0.2) is 0 Å². The van der Waals surface area contributed by atoms with Crippen LogP contribution in [-0.2, 0) is 16.0 Å². The summed E-state index contributed by atoms with van der Waals surface area (Å²) in [6, 6.07) is 14.0. The topological polar surface area (TPSA) is 84.9 Å². The lowest BCUT2D eigenvalue weighted by atomic mass is 10.1. The van der Waals surface area contributed by atoms with Crippen molar-refractivity contribution < 1.29 is 9.53 Å². The number of nitrogens with zero attached hydrogens (tertiary/aromatic N) is 4. The van der Waals surface area contributed by atoms with Crippen LogP contribution in [0.5, 0.6) is 0 Å². The molecule has 0 saturated heterocycles. The van der Waals surface area contributed by atoms with Crippen LogP contribution in [0.2, 0.25) is 0 Å². The van der Waals surface area contributed by atoms with E-state index in [1.807, 2.05) is 62.5 Å². The number of ether oxygens (including phenoxy) is 1. The second-order valence-electron chi connectivity index (χ2n) is 7.81. The van der Waals surface area contributed by atoms with E-state index in [2.05, 4.69) is 21.9 Å². The summed E-state index contributed by atoms with van der Waals surface area (Å²) in [5.41, 5.74) is 5.00. The lowest BCUT2D eigenvalue weighted by Gasteiger charge is -2.17. The lowest BCUT2D eigenvalue weighted by molar-refractivity contribution is -0.117. The number of aryl methyl sites for hydroxylation is 1. The first-order chi connectivity index (χ1) is 15.4. The first-order valence-corrected chi connectivity index (χ1v) is 10.6. The highest BCUT2D eigenvalue weighted by atomic mass is 16.5. The summed E-state index contributed by atoms with van der Waals surface area (Å²) in [6.45, 7) is 7.09. The zero-order valence-corrected chi connectivity index (χ0v) is 19.0. The minimum atomic E-state index is -0.377. The molecule has 1 aromatic carbocycles. The molecule has 3 aromatic rings. The third kappa shape index (κ3) is 5.34. The predicted octanol–water partition coefficient (Wildman–Crippen LogP) is 3.76. The fraction of sp³-hybridized carbons (Fsp3) is 0.320. The number of rotatable bonds is 9. The van der Waals surface area contributed by atoms with Crippen LogP contribution < -0.4 is 5.32 Å². The van der Waals surface area contributed by atoms with Gasteiger partial charge in [0.1, 0.15) is 11.6 Å². The summed E-state index contributed by atoms with van der Waals surface area (Å²) >= 11 is 0. The highest BCUT2D eigenvalue weighted by Gasteiger charge is 2.15. The molecule has 0 saturated carbocycles. The zero-order valence-electron chi connectivity index (χ0n) is 19.0. The third-order valence-corrected chi connectivity index (χ3v) is 5.39. The minimum Gasteiger partial charge on any atom is -0.383 e. The van der Waals surface area contributed by atoms with E-state index < -0.39 is 0 Å². The number of carbonyl (C=O) groups is 1. The molecule has 166 valence electrons. The van der Waals surface area contributed by atoms with Crippen molar-refractivity contribution >= 4 is 12.0 Å². The predicted molar refractivity (Wildman–Crippen MR) is 124 cm³/mol. The van der Waals surface area contributed by atoms with Gasteiger partial charge in [0.2, 0.25) is 0 Å². The van der Waals surface area contributed by atoms with Crippen molar-refractivity contribution in [2.75, 3.05) is 20.3 Å². The monoisotopic (exact) mass is 431 g/mol. The molecule has 0 aliphatic heterocycles. The number of amides is 1. The number of aromatic nitrogens is 3. The second-order valence-corrected chi connectivity index (χ2v) is 7.81. The molecule has 0 bridgehead atoms. The highest BCUT2D eigenvalue weighted by Crippen LogP contribution is 2.22. The fourth-order valence-electron chi connectivity index (χ4n) is 3.87. The van der Waals surface area contributed by atoms with Gasteiger partial charge in [0.05, 0.1) is 24.5 Å². The molecule has 2 aromatic heterocycles. The molecule has 3 rings (SSSR count). The smallest absolute Gasteiger partial charge is 0.261 e. The van der Waals surface area contributed by atoms with Gasteiger partial charge in [-0.2, -0.15) is 10.4 Å². The molecule has 32 heavy (non-hydrogen) atoms. The van der Waals surface area contributed by atoms with Gasteiger partial charge in [0, 0.05) is 31.2 Å². The lowest BCUT2D eigenvalue weighted by Crippen LogP contribution is -2.26. The quantitative estimate of drug-likeness (QED) is 0.413. The number of nitriles is 1. The van der Waals surface area contributed by atoms with Crippen molar-refractivity contribution in [2.45, 2.75) is 33.2 Å². The third-order valence-electron chi connectivity index (χ3n) is 5.39. The normalized spacial score (nSPS) is 12.4. The van der Waals surface area contributed by atoms with Gasteiger partial charge in [-0.3, -0.25) is 4.79 Å². The van der Waals surface area contributed by atoms with E-state index in [9.17, 15) is 10.1 Å². The molecule has 1 N–H and O–H groups in total. The first-order valence-electron chi connectivity index (χ1n) is 10.6. The highest BCUT2D eigenvalue weighted by molar-refractivity contribution is 6.01. The van der Waals surface area contributed by atoms with E-state index in [1.165, 1.54) is 0 Å². The van der Waals surface area contributed by atoms with Crippen LogP contribution >= 0.6 is 0 Å². The summed E-state index contributed by atoms with van der Waals surface area (Å²) in [5.74, 6) is -0.377. The van der Waals surface area contributed by atoms with E-state index in [1.54, 1.807) is 24.1 Å². The summed E-state index contributed by atoms with van der Waals surface area (Å²) in [4.78, 5) is 12.6. The molecule has 0 aliphatic carbocycles. The van der Waals surface area contributed by atoms with Gasteiger partial charge in [-0.15, -0.1) is 0 Å². The first kappa shape index (κ1) is 23.0. The Morgan fingerprint density at radius 3 is 2.75 bits per heavy atom. The SMILES string of the molecule is COCC(C)n1c(C)cc(/C=C(/C#N)C(=O)NCCc2cnn(-c3ccccc3)c2)c1C. The Morgan fingerprint density at radius 2 is 2.06 bits per heavy atom. The number of methoxy groups -OCH3 is 1. The van der Waals surface area contributed by atoms with Crippen LogP contribution in [0.15, 0.2) is 54.4 Å². The maximum absolute atomic E-state index is 12.6. The number of nitrogens with one attached hydrogen (secondary N) is 1. The molecule has 1 amide bonds. The average Bonchev–Trinajstić information content (AvgIpc) is 3.36. The summed E-state index contributed by atoms with van der Waals surface area (Å²) < 4.78 is 9.23. The van der Waals surface area contributed by atoms with Crippen LogP contribution in [0.3, 0.4) is 0 Å². The van der Waals surface area contributed by atoms with Crippen LogP contribution in [0, 0.1) is 25.2 Å². The number of para-hydroxylation sites is 1. The van der Waals surface area contributed by atoms with Crippen LogP contribution in [0.25, 0.3) is 11.8 Å². The number of hydrogen-bond acceptors (Lipinski definition) is 4. The molecule has 1 atom stereocenters. The van der Waals surface area contributed by atoms with Gasteiger partial charge < -0.3 is 14.6 Å². The van der Waals surface area contributed by atoms with Crippen molar-refractivity contribution in [1.29, 1.82) is 5.26 Å². The summed E-state index contributed by atoms with van der Waals surface area (Å²) in [6.07, 6.45) is 6.01. The Kier molecular flexibility index (Phi) is 7.63. The minimum absolute atomic E-state index is 0.0876. The standard InChI is InChI=1S/C25H29N5O2/c1-18-12-22(20(3)30(18)19(2)17-32-4)13-23(14-26)25(31)27-11-10-21-15-28-29(16-21)24-8-6-5-7-9-24/h5-9,12-13,15-16,19H,10-11,17H2,1-4H3,(H,27,31)/b23-13-. The Labute approximate surface area is 188 Å². The Balaban J connectivity index is 1.63. The number of carbonyl (C=O) groups excluding carboxylic acids is 1. The van der Waals surface area contributed by atoms with Crippen LogP contribution in [-0.4, -0.2) is 40.5 Å². The van der Waals surface area contributed by atoms with Gasteiger partial charge in [-0.1, -0.05) is 18.2 Å². The molecular formula is C25H29N5O2. The average molecular weight is 432 g/mol. The molecule has 0 fully saturated rings. The van der Waals surface area contributed by atoms with E-state index in [0.717, 1.165) is 28.2 Å². The number of benzene rings is 1. The largest absolute Gasteiger partial charge is 0.383 e. The van der Waals surface area contributed by atoms with Crippen LogP contribution in [0.1, 0.15) is 35.5 Å². The molecule has 7 nitrogen and oxygen atoms in total. The van der Waals surface area contributed by atoms with E-state index >= 15 is 0 Å². The van der Waals surface area contributed by atoms with Gasteiger partial charge in [-0.05, 0) is 62.6 Å². The van der Waals surface area contributed by atoms with Crippen molar-refractivity contribution in [3.8, 4) is 11.8 Å². The fourth-order valence-corrected chi connectivity index (χ4v) is 3.87. The Morgan fingerprint density at radius 1 is 1.31 bits per heavy atom. The molecule has 0 spiro atoms. The Bertz CT molecular complexity index is 1140. The van der Waals surface area contributed by atoms with Gasteiger partial charge >= 0.3 is 0 Å². The molecule has 1 unspecified atom stereocenters. The van der Waals surface area contributed by atoms with Crippen molar-refractivity contribution in [3.63, 3.8) is 0 Å². The van der Waals surface area contributed by atoms with E-state index in [4.69, 9.17) is 4.74 Å². The molecule has 0 aliphatic rings. The van der Waals surface area contributed by atoms with Crippen LogP contribution in [0.4, 0.5) is 0 Å². The van der Waals surface area contributed by atoms with Crippen molar-refractivity contribution in [3.05, 3.63) is 76.9 Å². The van der Waals surface area contributed by atoms with Crippen molar-refractivity contribution in [2.24, 2.45) is 0 Å². The summed E-state index contributed by atoms with van der Waals surface area (Å²) in [5, 5.41) is 16.8. The molecule has 0 radical (unpaired) electrons. The van der Waals surface area contributed by atoms with E-state index in [-0.39, 0.29) is 17.5 Å². The van der Waals surface area contributed by atoms with Crippen molar-refractivity contribution in [1.82, 2.24) is 19.7 Å². The Hall–Kier alpha value is -3.63. The van der Waals surface area contributed by atoms with E-state index in [0.29, 0.717) is 19.6 Å².